The van der Waals surface area contributed by atoms with Crippen molar-refractivity contribution < 1.29 is 9.21 Å². The maximum Gasteiger partial charge on any atom is 0.287 e. The number of carbonyl (C=O) groups excluding carboxylic acids is 1. The minimum absolute atomic E-state index is 0.0833. The molecule has 2 rings (SSSR count). The number of hydrogen-bond donors (Lipinski definition) is 1. The van der Waals surface area contributed by atoms with Crippen LogP contribution >= 0.6 is 0 Å². The van der Waals surface area contributed by atoms with Crippen molar-refractivity contribution in [3.05, 3.63) is 24.2 Å². The second kappa shape index (κ2) is 5.78. The van der Waals surface area contributed by atoms with E-state index in [1.165, 1.54) is 19.1 Å². The van der Waals surface area contributed by atoms with E-state index in [0.717, 1.165) is 18.8 Å². The molecule has 1 aromatic rings. The zero-order valence-corrected chi connectivity index (χ0v) is 12.1. The van der Waals surface area contributed by atoms with Gasteiger partial charge in [0.25, 0.3) is 5.91 Å². The van der Waals surface area contributed by atoms with Gasteiger partial charge in [0.2, 0.25) is 0 Å². The molecule has 0 aromatic carbocycles. The number of likely N-dealkylation sites (N-methyl/N-ethyl adjacent to an activating group) is 1. The van der Waals surface area contributed by atoms with Gasteiger partial charge in [0.1, 0.15) is 0 Å². The summed E-state index contributed by atoms with van der Waals surface area (Å²) >= 11 is 0. The molecule has 0 radical (unpaired) electrons. The number of amides is 1. The summed E-state index contributed by atoms with van der Waals surface area (Å²) < 4.78 is 5.12. The van der Waals surface area contributed by atoms with E-state index in [-0.39, 0.29) is 11.4 Å². The van der Waals surface area contributed by atoms with E-state index in [4.69, 9.17) is 4.42 Å². The molecule has 1 aliphatic carbocycles. The summed E-state index contributed by atoms with van der Waals surface area (Å²) in [6.45, 7) is 2.98. The van der Waals surface area contributed by atoms with Crippen molar-refractivity contribution >= 4 is 5.91 Å². The number of carbonyl (C=O) groups is 1. The van der Waals surface area contributed by atoms with Gasteiger partial charge in [-0.15, -0.1) is 0 Å². The van der Waals surface area contributed by atoms with Crippen molar-refractivity contribution in [3.8, 4) is 0 Å². The van der Waals surface area contributed by atoms with Crippen LogP contribution in [0.15, 0.2) is 22.8 Å². The first kappa shape index (κ1) is 14.1. The third kappa shape index (κ3) is 3.18. The van der Waals surface area contributed by atoms with E-state index in [1.54, 1.807) is 12.1 Å². The maximum absolute atomic E-state index is 12.0. The molecule has 1 N–H and O–H groups in total. The average Bonchev–Trinajstić information content (AvgIpc) is 2.89. The predicted molar refractivity (Wildman–Crippen MR) is 75.1 cm³/mol. The lowest BCUT2D eigenvalue weighted by Gasteiger charge is -2.45. The van der Waals surface area contributed by atoms with Gasteiger partial charge in [-0.1, -0.05) is 19.8 Å². The highest BCUT2D eigenvalue weighted by molar-refractivity contribution is 5.91. The lowest BCUT2D eigenvalue weighted by molar-refractivity contribution is 0.0663. The fourth-order valence-electron chi connectivity index (χ4n) is 3.10. The summed E-state index contributed by atoms with van der Waals surface area (Å²) in [5.41, 5.74) is 0.0833. The molecule has 1 aliphatic rings. The van der Waals surface area contributed by atoms with Crippen LogP contribution in [0.3, 0.4) is 0 Å². The minimum Gasteiger partial charge on any atom is -0.459 e. The Morgan fingerprint density at radius 2 is 2.37 bits per heavy atom. The Bertz CT molecular complexity index is 414. The van der Waals surface area contributed by atoms with E-state index in [2.05, 4.69) is 31.2 Å². The van der Waals surface area contributed by atoms with Gasteiger partial charge in [-0.25, -0.2) is 0 Å². The zero-order chi connectivity index (χ0) is 13.9. The molecular weight excluding hydrogens is 240 g/mol. The van der Waals surface area contributed by atoms with Crippen LogP contribution in [0.25, 0.3) is 0 Å². The van der Waals surface area contributed by atoms with Crippen LogP contribution in [0.1, 0.15) is 43.2 Å². The molecule has 2 atom stereocenters. The zero-order valence-electron chi connectivity index (χ0n) is 12.1. The first-order chi connectivity index (χ1) is 9.03. The molecule has 1 fully saturated rings. The smallest absolute Gasteiger partial charge is 0.287 e. The Morgan fingerprint density at radius 1 is 1.58 bits per heavy atom. The molecule has 106 valence electrons. The largest absolute Gasteiger partial charge is 0.459 e. The van der Waals surface area contributed by atoms with E-state index < -0.39 is 0 Å². The molecule has 0 bridgehead atoms. The predicted octanol–water partition coefficient (Wildman–Crippen LogP) is 2.52. The van der Waals surface area contributed by atoms with Crippen molar-refractivity contribution in [1.82, 2.24) is 10.2 Å². The Hall–Kier alpha value is -1.29. The van der Waals surface area contributed by atoms with Crippen LogP contribution in [-0.2, 0) is 0 Å². The molecule has 4 heteroatoms. The number of furan rings is 1. The lowest BCUT2D eigenvalue weighted by Crippen LogP contribution is -2.55. The van der Waals surface area contributed by atoms with Gasteiger partial charge in [-0.3, -0.25) is 4.79 Å². The lowest BCUT2D eigenvalue weighted by atomic mass is 9.75. The number of hydrogen-bond acceptors (Lipinski definition) is 3. The van der Waals surface area contributed by atoms with Crippen LogP contribution in [0.2, 0.25) is 0 Å². The number of nitrogens with zero attached hydrogens (tertiary/aromatic N) is 1. The summed E-state index contributed by atoms with van der Waals surface area (Å²) in [7, 11) is 4.22. The maximum atomic E-state index is 12.0. The normalized spacial score (nSPS) is 27.5. The standard InChI is InChI=1S/C15H24N2O2/c1-12-6-4-8-15(10-12,17(2)3)11-16-14(18)13-7-5-9-19-13/h5,7,9,12H,4,6,8,10-11H2,1-3H3,(H,16,18). The minimum atomic E-state index is -0.121. The van der Waals surface area contributed by atoms with Crippen LogP contribution in [0.5, 0.6) is 0 Å². The summed E-state index contributed by atoms with van der Waals surface area (Å²) in [5, 5.41) is 3.02. The molecule has 0 spiro atoms. The fourth-order valence-corrected chi connectivity index (χ4v) is 3.10. The summed E-state index contributed by atoms with van der Waals surface area (Å²) in [6, 6.07) is 3.43. The monoisotopic (exact) mass is 264 g/mol. The van der Waals surface area contributed by atoms with Crippen LogP contribution < -0.4 is 5.32 Å². The van der Waals surface area contributed by atoms with Gasteiger partial charge in [-0.05, 0) is 45.0 Å². The third-order valence-corrected chi connectivity index (χ3v) is 4.34. The van der Waals surface area contributed by atoms with Crippen molar-refractivity contribution in [2.45, 2.75) is 38.1 Å². The number of rotatable bonds is 4. The highest BCUT2D eigenvalue weighted by Crippen LogP contribution is 2.35. The molecule has 0 aliphatic heterocycles. The molecule has 2 unspecified atom stereocenters. The van der Waals surface area contributed by atoms with Gasteiger partial charge in [0, 0.05) is 12.1 Å². The fraction of sp³-hybridized carbons (Fsp3) is 0.667. The summed E-state index contributed by atoms with van der Waals surface area (Å²) in [6.07, 6.45) is 6.33. The van der Waals surface area contributed by atoms with Crippen molar-refractivity contribution in [2.24, 2.45) is 5.92 Å². The summed E-state index contributed by atoms with van der Waals surface area (Å²) in [4.78, 5) is 14.2. The molecule has 1 aromatic heterocycles. The molecule has 0 saturated heterocycles. The quantitative estimate of drug-likeness (QED) is 0.909. The van der Waals surface area contributed by atoms with Gasteiger partial charge < -0.3 is 14.6 Å². The van der Waals surface area contributed by atoms with Gasteiger partial charge in [0.05, 0.1) is 6.26 Å². The molecule has 4 nitrogen and oxygen atoms in total. The van der Waals surface area contributed by atoms with E-state index in [9.17, 15) is 4.79 Å². The molecule has 1 heterocycles. The molecule has 19 heavy (non-hydrogen) atoms. The van der Waals surface area contributed by atoms with E-state index in [0.29, 0.717) is 12.3 Å². The Kier molecular flexibility index (Phi) is 4.30. The van der Waals surface area contributed by atoms with E-state index in [1.807, 2.05) is 0 Å². The van der Waals surface area contributed by atoms with Crippen LogP contribution in [0, 0.1) is 5.92 Å². The van der Waals surface area contributed by atoms with Gasteiger partial charge >= 0.3 is 0 Å². The van der Waals surface area contributed by atoms with Crippen molar-refractivity contribution in [1.29, 1.82) is 0 Å². The topological polar surface area (TPSA) is 45.5 Å². The first-order valence-electron chi connectivity index (χ1n) is 7.03. The van der Waals surface area contributed by atoms with Crippen molar-refractivity contribution in [3.63, 3.8) is 0 Å². The average molecular weight is 264 g/mol. The van der Waals surface area contributed by atoms with Gasteiger partial charge in [0.15, 0.2) is 5.76 Å². The number of nitrogens with one attached hydrogen (secondary N) is 1. The highest BCUT2D eigenvalue weighted by Gasteiger charge is 2.37. The molecular formula is C15H24N2O2. The highest BCUT2D eigenvalue weighted by atomic mass is 16.3. The SMILES string of the molecule is CC1CCCC(CNC(=O)c2ccco2)(N(C)C)C1. The second-order valence-corrected chi connectivity index (χ2v) is 5.98. The van der Waals surface area contributed by atoms with Crippen LogP contribution in [-0.4, -0.2) is 37.0 Å². The Morgan fingerprint density at radius 3 is 2.95 bits per heavy atom. The third-order valence-electron chi connectivity index (χ3n) is 4.34. The Balaban J connectivity index is 1.99. The summed E-state index contributed by atoms with van der Waals surface area (Å²) in [5.74, 6) is 0.985. The van der Waals surface area contributed by atoms with Gasteiger partial charge in [-0.2, -0.15) is 0 Å². The second-order valence-electron chi connectivity index (χ2n) is 5.98. The van der Waals surface area contributed by atoms with Crippen molar-refractivity contribution in [2.75, 3.05) is 20.6 Å². The Labute approximate surface area is 115 Å². The van der Waals surface area contributed by atoms with E-state index >= 15 is 0 Å². The molecule has 1 amide bonds. The van der Waals surface area contributed by atoms with Crippen LogP contribution in [0.4, 0.5) is 0 Å². The molecule has 1 saturated carbocycles. The first-order valence-corrected chi connectivity index (χ1v) is 7.03.